The van der Waals surface area contributed by atoms with E-state index in [2.05, 4.69) is 21.9 Å². The fourth-order valence-corrected chi connectivity index (χ4v) is 3.48. The Balaban J connectivity index is 2.14. The summed E-state index contributed by atoms with van der Waals surface area (Å²) >= 11 is 1.50. The van der Waals surface area contributed by atoms with Gasteiger partial charge in [-0.25, -0.2) is 0 Å². The maximum atomic E-state index is 5.72. The molecule has 1 heterocycles. The first kappa shape index (κ1) is 12.0. The summed E-state index contributed by atoms with van der Waals surface area (Å²) in [6, 6.07) is 0.259. The molecule has 0 aromatic carbocycles. The molecule has 0 bridgehead atoms. The van der Waals surface area contributed by atoms with Crippen molar-refractivity contribution in [1.29, 1.82) is 0 Å². The number of hydrogen-bond acceptors (Lipinski definition) is 5. The van der Waals surface area contributed by atoms with Crippen LogP contribution in [-0.4, -0.2) is 9.59 Å². The summed E-state index contributed by atoms with van der Waals surface area (Å²) < 4.78 is 4.05. The Kier molecular flexibility index (Phi) is 4.26. The normalized spacial score (nSPS) is 19.9. The first-order chi connectivity index (χ1) is 7.86. The molecule has 0 radical (unpaired) electrons. The lowest BCUT2D eigenvalue weighted by molar-refractivity contribution is 0.275. The number of nitrogens with one attached hydrogen (secondary N) is 1. The van der Waals surface area contributed by atoms with Crippen LogP contribution < -0.4 is 11.3 Å². The van der Waals surface area contributed by atoms with E-state index in [0.29, 0.717) is 5.92 Å². The van der Waals surface area contributed by atoms with Gasteiger partial charge in [0.15, 0.2) is 0 Å². The molecule has 0 amide bonds. The summed E-state index contributed by atoms with van der Waals surface area (Å²) in [5, 5.41) is 4.17. The van der Waals surface area contributed by atoms with Crippen molar-refractivity contribution in [3.8, 4) is 0 Å². The predicted molar refractivity (Wildman–Crippen MR) is 65.9 cm³/mol. The fourth-order valence-electron chi connectivity index (χ4n) is 2.59. The molecule has 16 heavy (non-hydrogen) atoms. The van der Waals surface area contributed by atoms with E-state index in [4.69, 9.17) is 5.84 Å². The zero-order chi connectivity index (χ0) is 11.4. The van der Waals surface area contributed by atoms with Crippen molar-refractivity contribution < 1.29 is 0 Å². The molecule has 3 N–H and O–H groups in total. The quantitative estimate of drug-likeness (QED) is 0.625. The third-order valence-corrected chi connectivity index (χ3v) is 4.35. The monoisotopic (exact) mass is 240 g/mol. The van der Waals surface area contributed by atoms with Gasteiger partial charge >= 0.3 is 0 Å². The topological polar surface area (TPSA) is 63.8 Å². The SMILES string of the molecule is CCc1nnsc1C(NN)C1CCCCC1. The minimum atomic E-state index is 0.259. The van der Waals surface area contributed by atoms with Crippen molar-refractivity contribution >= 4 is 11.5 Å². The van der Waals surface area contributed by atoms with Crippen LogP contribution >= 0.6 is 11.5 Å². The standard InChI is InChI=1S/C11H20N4S/c1-2-9-11(16-15-14-9)10(13-12)8-6-4-3-5-7-8/h8,10,13H,2-7,12H2,1H3. The van der Waals surface area contributed by atoms with Gasteiger partial charge in [0.05, 0.1) is 16.6 Å². The molecule has 0 spiro atoms. The maximum Gasteiger partial charge on any atom is 0.0801 e. The average molecular weight is 240 g/mol. The second kappa shape index (κ2) is 5.70. The van der Waals surface area contributed by atoms with Crippen LogP contribution in [0.3, 0.4) is 0 Å². The molecule has 4 nitrogen and oxygen atoms in total. The van der Waals surface area contributed by atoms with Gasteiger partial charge in [0.2, 0.25) is 0 Å². The second-order valence-corrected chi connectivity index (χ2v) is 5.27. The summed E-state index contributed by atoms with van der Waals surface area (Å²) in [6.07, 6.45) is 7.52. The van der Waals surface area contributed by atoms with Gasteiger partial charge in [0.25, 0.3) is 0 Å². The predicted octanol–water partition coefficient (Wildman–Crippen LogP) is 2.19. The summed E-state index contributed by atoms with van der Waals surface area (Å²) in [5.41, 5.74) is 4.09. The second-order valence-electron chi connectivity index (χ2n) is 4.48. The summed E-state index contributed by atoms with van der Waals surface area (Å²) in [4.78, 5) is 1.25. The molecule has 1 atom stereocenters. The van der Waals surface area contributed by atoms with Crippen molar-refractivity contribution in [3.05, 3.63) is 10.6 Å². The van der Waals surface area contributed by atoms with Crippen molar-refractivity contribution in [1.82, 2.24) is 15.0 Å². The van der Waals surface area contributed by atoms with Crippen LogP contribution in [0.4, 0.5) is 0 Å². The van der Waals surface area contributed by atoms with Crippen molar-refractivity contribution in [3.63, 3.8) is 0 Å². The van der Waals surface area contributed by atoms with Gasteiger partial charge in [-0.05, 0) is 36.7 Å². The minimum absolute atomic E-state index is 0.259. The highest BCUT2D eigenvalue weighted by Gasteiger charge is 2.27. The van der Waals surface area contributed by atoms with Crippen LogP contribution in [0, 0.1) is 5.92 Å². The van der Waals surface area contributed by atoms with Crippen molar-refractivity contribution in [2.45, 2.75) is 51.5 Å². The number of nitrogens with zero attached hydrogens (tertiary/aromatic N) is 2. The van der Waals surface area contributed by atoms with Crippen molar-refractivity contribution in [2.24, 2.45) is 11.8 Å². The number of rotatable bonds is 4. The number of aromatic nitrogens is 2. The zero-order valence-corrected chi connectivity index (χ0v) is 10.6. The Hall–Kier alpha value is -0.520. The Morgan fingerprint density at radius 3 is 2.81 bits per heavy atom. The zero-order valence-electron chi connectivity index (χ0n) is 9.78. The summed E-state index contributed by atoms with van der Waals surface area (Å²) in [6.45, 7) is 2.12. The molecule has 1 fully saturated rings. The molecule has 2 rings (SSSR count). The van der Waals surface area contributed by atoms with Gasteiger partial charge < -0.3 is 0 Å². The van der Waals surface area contributed by atoms with Gasteiger partial charge in [0.1, 0.15) is 0 Å². The molecule has 0 saturated heterocycles. The van der Waals surface area contributed by atoms with Crippen LogP contribution in [0.15, 0.2) is 0 Å². The molecule has 90 valence electrons. The van der Waals surface area contributed by atoms with Crippen LogP contribution in [0.25, 0.3) is 0 Å². The lowest BCUT2D eigenvalue weighted by atomic mass is 9.83. The number of aryl methyl sites for hydroxylation is 1. The van der Waals surface area contributed by atoms with E-state index in [1.807, 2.05) is 0 Å². The molecular weight excluding hydrogens is 220 g/mol. The Bertz CT molecular complexity index is 320. The Morgan fingerprint density at radius 2 is 2.19 bits per heavy atom. The first-order valence-corrected chi connectivity index (χ1v) is 6.91. The molecule has 1 aliphatic rings. The highest BCUT2D eigenvalue weighted by Crippen LogP contribution is 2.36. The van der Waals surface area contributed by atoms with E-state index < -0.39 is 0 Å². The van der Waals surface area contributed by atoms with E-state index in [9.17, 15) is 0 Å². The third-order valence-electron chi connectivity index (χ3n) is 3.50. The number of hydrazine groups is 1. The average Bonchev–Trinajstić information content (AvgIpc) is 2.80. The van der Waals surface area contributed by atoms with Crippen LogP contribution in [0.2, 0.25) is 0 Å². The third kappa shape index (κ3) is 2.42. The van der Waals surface area contributed by atoms with Crippen LogP contribution in [0.1, 0.15) is 55.6 Å². The van der Waals surface area contributed by atoms with Gasteiger partial charge in [-0.3, -0.25) is 11.3 Å². The van der Waals surface area contributed by atoms with Gasteiger partial charge in [-0.15, -0.1) is 5.10 Å². The lowest BCUT2D eigenvalue weighted by Gasteiger charge is -2.29. The molecule has 1 aromatic heterocycles. The van der Waals surface area contributed by atoms with E-state index in [0.717, 1.165) is 12.1 Å². The van der Waals surface area contributed by atoms with Crippen LogP contribution in [0.5, 0.6) is 0 Å². The molecule has 1 unspecified atom stereocenters. The van der Waals surface area contributed by atoms with E-state index >= 15 is 0 Å². The Labute approximate surface area is 101 Å². The van der Waals surface area contributed by atoms with E-state index in [1.54, 1.807) is 0 Å². The lowest BCUT2D eigenvalue weighted by Crippen LogP contribution is -2.34. The molecule has 1 aromatic rings. The number of nitrogens with two attached hydrogens (primary N) is 1. The molecule has 1 aliphatic carbocycles. The number of hydrogen-bond donors (Lipinski definition) is 2. The first-order valence-electron chi connectivity index (χ1n) is 6.14. The minimum Gasteiger partial charge on any atom is -0.271 e. The van der Waals surface area contributed by atoms with Crippen LogP contribution in [-0.2, 0) is 6.42 Å². The smallest absolute Gasteiger partial charge is 0.0801 e. The highest BCUT2D eigenvalue weighted by molar-refractivity contribution is 7.05. The van der Waals surface area contributed by atoms with E-state index in [1.165, 1.54) is 48.5 Å². The summed E-state index contributed by atoms with van der Waals surface area (Å²) in [7, 11) is 0. The van der Waals surface area contributed by atoms with Crippen molar-refractivity contribution in [2.75, 3.05) is 0 Å². The summed E-state index contributed by atoms with van der Waals surface area (Å²) in [5.74, 6) is 6.38. The molecular formula is C11H20N4S. The molecule has 5 heteroatoms. The van der Waals surface area contributed by atoms with Gasteiger partial charge in [0, 0.05) is 0 Å². The Morgan fingerprint density at radius 1 is 1.44 bits per heavy atom. The fraction of sp³-hybridized carbons (Fsp3) is 0.818. The molecule has 1 saturated carbocycles. The van der Waals surface area contributed by atoms with E-state index in [-0.39, 0.29) is 6.04 Å². The maximum absolute atomic E-state index is 5.72. The van der Waals surface area contributed by atoms with Gasteiger partial charge in [-0.1, -0.05) is 30.7 Å². The highest BCUT2D eigenvalue weighted by atomic mass is 32.1. The van der Waals surface area contributed by atoms with Gasteiger partial charge in [-0.2, -0.15) is 0 Å². The largest absolute Gasteiger partial charge is 0.271 e. The molecule has 0 aliphatic heterocycles.